The molecule has 1 aromatic heterocycles. The Kier molecular flexibility index (Phi) is 2.28. The highest BCUT2D eigenvalue weighted by atomic mass is 32.2. The molecular formula is C7H11N3O3S. The van der Waals surface area contributed by atoms with E-state index >= 15 is 0 Å². The van der Waals surface area contributed by atoms with Crippen molar-refractivity contribution in [2.45, 2.75) is 19.5 Å². The van der Waals surface area contributed by atoms with E-state index < -0.39 is 9.84 Å². The first-order chi connectivity index (χ1) is 6.55. The highest BCUT2D eigenvalue weighted by Crippen LogP contribution is 2.10. The third-order valence-corrected chi connectivity index (χ3v) is 3.85. The lowest BCUT2D eigenvalue weighted by Gasteiger charge is -2.25. The summed E-state index contributed by atoms with van der Waals surface area (Å²) in [4.78, 5) is 3.99. The number of hydrogen-bond donors (Lipinski definition) is 1. The number of nitrogens with one attached hydrogen (secondary N) is 1. The van der Waals surface area contributed by atoms with Crippen molar-refractivity contribution >= 4 is 9.84 Å². The van der Waals surface area contributed by atoms with Crippen LogP contribution >= 0.6 is 0 Å². The number of rotatable bonds is 3. The fourth-order valence-corrected chi connectivity index (χ4v) is 2.69. The van der Waals surface area contributed by atoms with Gasteiger partial charge in [0.25, 0.3) is 0 Å². The minimum Gasteiger partial charge on any atom is -0.340 e. The standard InChI is InChI=1S/C7H11N3O3S/c1-5-9-7(10-13-5)2-8-6-3-14(11,12)4-6/h6,8H,2-4H2,1H3. The van der Waals surface area contributed by atoms with Gasteiger partial charge in [0, 0.05) is 13.0 Å². The molecule has 1 saturated heterocycles. The van der Waals surface area contributed by atoms with Crippen molar-refractivity contribution in [3.05, 3.63) is 11.7 Å². The monoisotopic (exact) mass is 217 g/mol. The van der Waals surface area contributed by atoms with Gasteiger partial charge in [0.1, 0.15) is 0 Å². The molecule has 0 aromatic carbocycles. The lowest BCUT2D eigenvalue weighted by Crippen LogP contribution is -2.50. The number of sulfone groups is 1. The summed E-state index contributed by atoms with van der Waals surface area (Å²) in [5, 5.41) is 6.72. The quantitative estimate of drug-likeness (QED) is 0.718. The molecule has 1 fully saturated rings. The van der Waals surface area contributed by atoms with Gasteiger partial charge in [-0.15, -0.1) is 0 Å². The molecule has 14 heavy (non-hydrogen) atoms. The molecule has 2 heterocycles. The smallest absolute Gasteiger partial charge is 0.223 e. The number of hydrogen-bond acceptors (Lipinski definition) is 6. The van der Waals surface area contributed by atoms with Gasteiger partial charge in [0.2, 0.25) is 5.89 Å². The zero-order valence-corrected chi connectivity index (χ0v) is 8.54. The zero-order chi connectivity index (χ0) is 10.2. The summed E-state index contributed by atoms with van der Waals surface area (Å²) in [7, 11) is -2.76. The molecule has 1 N–H and O–H groups in total. The van der Waals surface area contributed by atoms with E-state index in [4.69, 9.17) is 4.52 Å². The van der Waals surface area contributed by atoms with Gasteiger partial charge in [-0.05, 0) is 0 Å². The molecule has 0 aliphatic carbocycles. The molecule has 78 valence electrons. The maximum Gasteiger partial charge on any atom is 0.223 e. The van der Waals surface area contributed by atoms with Crippen LogP contribution in [0.3, 0.4) is 0 Å². The Bertz CT molecular complexity index is 413. The molecule has 7 heteroatoms. The van der Waals surface area contributed by atoms with Crippen LogP contribution in [-0.2, 0) is 16.4 Å². The average Bonchev–Trinajstić information content (AvgIpc) is 2.44. The van der Waals surface area contributed by atoms with Gasteiger partial charge in [0.05, 0.1) is 18.1 Å². The lowest BCUT2D eigenvalue weighted by molar-refractivity contribution is 0.384. The van der Waals surface area contributed by atoms with E-state index in [0.29, 0.717) is 18.3 Å². The van der Waals surface area contributed by atoms with Gasteiger partial charge < -0.3 is 9.84 Å². The fraction of sp³-hybridized carbons (Fsp3) is 0.714. The van der Waals surface area contributed by atoms with Crippen LogP contribution in [0.15, 0.2) is 4.52 Å². The Hall–Kier alpha value is -0.950. The fourth-order valence-electron chi connectivity index (χ4n) is 1.33. The second kappa shape index (κ2) is 3.32. The highest BCUT2D eigenvalue weighted by molar-refractivity contribution is 7.92. The maximum atomic E-state index is 10.8. The number of aryl methyl sites for hydroxylation is 1. The first kappa shape index (κ1) is 9.60. The SMILES string of the molecule is Cc1nc(CNC2CS(=O)(=O)C2)no1. The molecule has 0 radical (unpaired) electrons. The van der Waals surface area contributed by atoms with Crippen molar-refractivity contribution in [3.8, 4) is 0 Å². The van der Waals surface area contributed by atoms with E-state index in [0.717, 1.165) is 0 Å². The lowest BCUT2D eigenvalue weighted by atomic mass is 10.3. The zero-order valence-electron chi connectivity index (χ0n) is 7.73. The summed E-state index contributed by atoms with van der Waals surface area (Å²) in [6, 6.07) is 0.0406. The second-order valence-electron chi connectivity index (χ2n) is 3.38. The van der Waals surface area contributed by atoms with Gasteiger partial charge in [-0.3, -0.25) is 0 Å². The topological polar surface area (TPSA) is 85.1 Å². The van der Waals surface area contributed by atoms with Crippen molar-refractivity contribution in [1.82, 2.24) is 15.5 Å². The average molecular weight is 217 g/mol. The van der Waals surface area contributed by atoms with Crippen LogP contribution in [0.1, 0.15) is 11.7 Å². The Balaban J connectivity index is 1.79. The van der Waals surface area contributed by atoms with Crippen LogP contribution in [0.5, 0.6) is 0 Å². The number of nitrogens with zero attached hydrogens (tertiary/aromatic N) is 2. The van der Waals surface area contributed by atoms with Gasteiger partial charge in [-0.2, -0.15) is 4.98 Å². The second-order valence-corrected chi connectivity index (χ2v) is 5.54. The van der Waals surface area contributed by atoms with Gasteiger partial charge in [-0.25, -0.2) is 8.42 Å². The Labute approximate surface area is 81.6 Å². The first-order valence-electron chi connectivity index (χ1n) is 4.28. The molecule has 1 aromatic rings. The van der Waals surface area contributed by atoms with Crippen LogP contribution < -0.4 is 5.32 Å². The molecule has 0 bridgehead atoms. The predicted molar refractivity (Wildman–Crippen MR) is 48.3 cm³/mol. The summed E-state index contributed by atoms with van der Waals surface area (Å²) in [6.07, 6.45) is 0. The van der Waals surface area contributed by atoms with E-state index in [1.165, 1.54) is 0 Å². The molecule has 0 spiro atoms. The van der Waals surface area contributed by atoms with Crippen LogP contribution in [0, 0.1) is 6.92 Å². The molecule has 0 saturated carbocycles. The van der Waals surface area contributed by atoms with Crippen LogP contribution in [0.25, 0.3) is 0 Å². The first-order valence-corrected chi connectivity index (χ1v) is 6.10. The van der Waals surface area contributed by atoms with E-state index in [2.05, 4.69) is 15.5 Å². The molecule has 0 amide bonds. The molecule has 6 nitrogen and oxygen atoms in total. The van der Waals surface area contributed by atoms with E-state index in [1.54, 1.807) is 6.92 Å². The number of aromatic nitrogens is 2. The van der Waals surface area contributed by atoms with Crippen LogP contribution in [0.4, 0.5) is 0 Å². The van der Waals surface area contributed by atoms with E-state index in [-0.39, 0.29) is 17.5 Å². The van der Waals surface area contributed by atoms with Gasteiger partial charge in [0.15, 0.2) is 15.7 Å². The molecule has 0 unspecified atom stereocenters. The summed E-state index contributed by atoms with van der Waals surface area (Å²) in [5.41, 5.74) is 0. The normalized spacial score (nSPS) is 20.6. The molecular weight excluding hydrogens is 206 g/mol. The van der Waals surface area contributed by atoms with Gasteiger partial charge >= 0.3 is 0 Å². The third-order valence-electron chi connectivity index (χ3n) is 2.03. The minimum atomic E-state index is -2.76. The van der Waals surface area contributed by atoms with Crippen LogP contribution in [-0.4, -0.2) is 36.1 Å². The summed E-state index contributed by atoms with van der Waals surface area (Å²) >= 11 is 0. The Morgan fingerprint density at radius 2 is 2.29 bits per heavy atom. The predicted octanol–water partition coefficient (Wildman–Crippen LogP) is -0.735. The van der Waals surface area contributed by atoms with Crippen molar-refractivity contribution in [2.75, 3.05) is 11.5 Å². The maximum absolute atomic E-state index is 10.8. The van der Waals surface area contributed by atoms with Crippen LogP contribution in [0.2, 0.25) is 0 Å². The summed E-state index contributed by atoms with van der Waals surface area (Å²) in [5.74, 6) is 1.50. The summed E-state index contributed by atoms with van der Waals surface area (Å²) in [6.45, 7) is 2.17. The molecule has 0 atom stereocenters. The largest absolute Gasteiger partial charge is 0.340 e. The molecule has 1 aliphatic rings. The van der Waals surface area contributed by atoms with Crippen molar-refractivity contribution in [3.63, 3.8) is 0 Å². The summed E-state index contributed by atoms with van der Waals surface area (Å²) < 4.78 is 26.4. The van der Waals surface area contributed by atoms with E-state index in [9.17, 15) is 8.42 Å². The van der Waals surface area contributed by atoms with Crippen molar-refractivity contribution in [1.29, 1.82) is 0 Å². The van der Waals surface area contributed by atoms with Crippen molar-refractivity contribution < 1.29 is 12.9 Å². The molecule has 1 aliphatic heterocycles. The Morgan fingerprint density at radius 3 is 2.79 bits per heavy atom. The Morgan fingerprint density at radius 1 is 1.57 bits per heavy atom. The van der Waals surface area contributed by atoms with Crippen molar-refractivity contribution in [2.24, 2.45) is 0 Å². The van der Waals surface area contributed by atoms with E-state index in [1.807, 2.05) is 0 Å². The highest BCUT2D eigenvalue weighted by Gasteiger charge is 2.32. The third kappa shape index (κ3) is 2.10. The van der Waals surface area contributed by atoms with Gasteiger partial charge in [-0.1, -0.05) is 5.16 Å². The molecule has 2 rings (SSSR count). The minimum absolute atomic E-state index is 0.0406.